The van der Waals surface area contributed by atoms with Crippen molar-refractivity contribution in [1.82, 2.24) is 5.06 Å². The Morgan fingerprint density at radius 2 is 2.33 bits per heavy atom. The first-order valence-electron chi connectivity index (χ1n) is 4.96. The van der Waals surface area contributed by atoms with Gasteiger partial charge in [-0.2, -0.15) is 5.06 Å². The van der Waals surface area contributed by atoms with Crippen molar-refractivity contribution in [3.8, 4) is 0 Å². The molecule has 0 spiro atoms. The summed E-state index contributed by atoms with van der Waals surface area (Å²) in [7, 11) is 0. The number of nitrogens with zero attached hydrogens (tertiary/aromatic N) is 1. The zero-order valence-electron chi connectivity index (χ0n) is 8.60. The highest BCUT2D eigenvalue weighted by Gasteiger charge is 2.29. The van der Waals surface area contributed by atoms with E-state index < -0.39 is 6.03 Å². The van der Waals surface area contributed by atoms with Gasteiger partial charge in [-0.05, 0) is 30.9 Å². The van der Waals surface area contributed by atoms with Crippen LogP contribution in [-0.2, 0) is 6.42 Å². The number of amides is 2. The average molecular weight is 206 g/mol. The zero-order chi connectivity index (χ0) is 11.0. The molecule has 1 aliphatic rings. The Balaban J connectivity index is 2.32. The molecule has 0 bridgehead atoms. The summed E-state index contributed by atoms with van der Waals surface area (Å²) in [5, 5.41) is 10.1. The first-order chi connectivity index (χ1) is 7.09. The summed E-state index contributed by atoms with van der Waals surface area (Å²) in [6.07, 6.45) is 1.62. The predicted molar refractivity (Wildman–Crippen MR) is 55.4 cm³/mol. The van der Waals surface area contributed by atoms with E-state index in [0.29, 0.717) is 5.06 Å². The standard InChI is InChI=1S/C11H14N2O2/c1-7-2-4-9-8(6-7)3-5-10(9)13(15)11(12)14/h2,4,6,10,15H,3,5H2,1H3,(H2,12,14). The zero-order valence-corrected chi connectivity index (χ0v) is 8.60. The fraction of sp³-hybridized carbons (Fsp3) is 0.364. The van der Waals surface area contributed by atoms with Crippen LogP contribution in [0.1, 0.15) is 29.2 Å². The molecule has 2 amide bonds. The molecular weight excluding hydrogens is 192 g/mol. The molecule has 0 saturated carbocycles. The van der Waals surface area contributed by atoms with Crippen LogP contribution >= 0.6 is 0 Å². The van der Waals surface area contributed by atoms with E-state index in [1.165, 1.54) is 11.1 Å². The van der Waals surface area contributed by atoms with Crippen LogP contribution in [0.3, 0.4) is 0 Å². The van der Waals surface area contributed by atoms with Crippen molar-refractivity contribution in [1.29, 1.82) is 0 Å². The number of hydroxylamine groups is 2. The van der Waals surface area contributed by atoms with E-state index >= 15 is 0 Å². The molecule has 1 aromatic carbocycles. The maximum Gasteiger partial charge on any atom is 0.339 e. The fourth-order valence-electron chi connectivity index (χ4n) is 2.13. The molecule has 0 radical (unpaired) electrons. The Morgan fingerprint density at radius 3 is 3.00 bits per heavy atom. The smallest absolute Gasteiger partial charge is 0.339 e. The molecule has 2 rings (SSSR count). The monoisotopic (exact) mass is 206 g/mol. The van der Waals surface area contributed by atoms with Gasteiger partial charge in [0.15, 0.2) is 0 Å². The predicted octanol–water partition coefficient (Wildman–Crippen LogP) is 1.75. The lowest BCUT2D eigenvalue weighted by molar-refractivity contribution is -0.0757. The van der Waals surface area contributed by atoms with Crippen LogP contribution in [0.5, 0.6) is 0 Å². The number of hydrogen-bond donors (Lipinski definition) is 2. The van der Waals surface area contributed by atoms with E-state index in [4.69, 9.17) is 5.73 Å². The van der Waals surface area contributed by atoms with Crippen LogP contribution in [-0.4, -0.2) is 16.3 Å². The van der Waals surface area contributed by atoms with Gasteiger partial charge in [-0.1, -0.05) is 23.8 Å². The van der Waals surface area contributed by atoms with Gasteiger partial charge in [0, 0.05) is 0 Å². The largest absolute Gasteiger partial charge is 0.350 e. The first kappa shape index (κ1) is 9.98. The molecule has 4 heteroatoms. The number of rotatable bonds is 1. The second-order valence-electron chi connectivity index (χ2n) is 3.94. The third-order valence-corrected chi connectivity index (χ3v) is 2.87. The van der Waals surface area contributed by atoms with E-state index in [9.17, 15) is 10.0 Å². The van der Waals surface area contributed by atoms with Gasteiger partial charge < -0.3 is 5.73 Å². The van der Waals surface area contributed by atoms with E-state index in [1.807, 2.05) is 19.1 Å². The van der Waals surface area contributed by atoms with E-state index in [-0.39, 0.29) is 6.04 Å². The fourth-order valence-corrected chi connectivity index (χ4v) is 2.13. The highest BCUT2D eigenvalue weighted by atomic mass is 16.5. The second kappa shape index (κ2) is 3.55. The molecule has 3 N–H and O–H groups in total. The summed E-state index contributed by atoms with van der Waals surface area (Å²) < 4.78 is 0. The van der Waals surface area contributed by atoms with Crippen molar-refractivity contribution in [2.45, 2.75) is 25.8 Å². The number of carbonyl (C=O) groups is 1. The van der Waals surface area contributed by atoms with E-state index in [0.717, 1.165) is 18.4 Å². The molecule has 1 aromatic rings. The van der Waals surface area contributed by atoms with Crippen molar-refractivity contribution < 1.29 is 10.0 Å². The molecule has 1 aliphatic carbocycles. The average Bonchev–Trinajstić information content (AvgIpc) is 2.59. The lowest BCUT2D eigenvalue weighted by Crippen LogP contribution is -2.35. The molecule has 1 atom stereocenters. The van der Waals surface area contributed by atoms with Crippen LogP contribution in [0.4, 0.5) is 4.79 Å². The summed E-state index contributed by atoms with van der Waals surface area (Å²) >= 11 is 0. The van der Waals surface area contributed by atoms with Crippen LogP contribution < -0.4 is 5.73 Å². The van der Waals surface area contributed by atoms with Gasteiger partial charge in [-0.25, -0.2) is 4.79 Å². The van der Waals surface area contributed by atoms with Crippen molar-refractivity contribution in [2.24, 2.45) is 5.73 Å². The van der Waals surface area contributed by atoms with Gasteiger partial charge >= 0.3 is 6.03 Å². The van der Waals surface area contributed by atoms with Gasteiger partial charge in [0.2, 0.25) is 0 Å². The molecule has 0 fully saturated rings. The highest BCUT2D eigenvalue weighted by Crippen LogP contribution is 2.35. The summed E-state index contributed by atoms with van der Waals surface area (Å²) in [4.78, 5) is 10.9. The van der Waals surface area contributed by atoms with Crippen molar-refractivity contribution in [2.75, 3.05) is 0 Å². The highest BCUT2D eigenvalue weighted by molar-refractivity contribution is 5.71. The first-order valence-corrected chi connectivity index (χ1v) is 4.96. The Morgan fingerprint density at radius 1 is 1.60 bits per heavy atom. The molecule has 15 heavy (non-hydrogen) atoms. The Bertz CT molecular complexity index is 404. The number of nitrogens with two attached hydrogens (primary N) is 1. The third kappa shape index (κ3) is 1.68. The normalized spacial score (nSPS) is 18.7. The van der Waals surface area contributed by atoms with Crippen molar-refractivity contribution in [3.63, 3.8) is 0 Å². The molecule has 4 nitrogen and oxygen atoms in total. The molecule has 0 heterocycles. The van der Waals surface area contributed by atoms with Crippen molar-refractivity contribution >= 4 is 6.03 Å². The summed E-state index contributed by atoms with van der Waals surface area (Å²) in [6, 6.07) is 4.94. The van der Waals surface area contributed by atoms with Crippen molar-refractivity contribution in [3.05, 3.63) is 34.9 Å². The van der Waals surface area contributed by atoms with Gasteiger partial charge in [0.05, 0.1) is 6.04 Å². The number of carbonyl (C=O) groups excluding carboxylic acids is 1. The third-order valence-electron chi connectivity index (χ3n) is 2.87. The number of aryl methyl sites for hydroxylation is 2. The Labute approximate surface area is 88.3 Å². The van der Waals surface area contributed by atoms with Crippen LogP contribution in [0.2, 0.25) is 0 Å². The van der Waals surface area contributed by atoms with E-state index in [1.54, 1.807) is 0 Å². The van der Waals surface area contributed by atoms with E-state index in [2.05, 4.69) is 6.07 Å². The molecule has 0 aliphatic heterocycles. The number of fused-ring (bicyclic) bond motifs is 1. The molecule has 0 saturated heterocycles. The van der Waals surface area contributed by atoms with Crippen LogP contribution in [0.15, 0.2) is 18.2 Å². The summed E-state index contributed by atoms with van der Waals surface area (Å²) in [5.74, 6) is 0. The number of urea groups is 1. The lowest BCUT2D eigenvalue weighted by Gasteiger charge is -2.20. The summed E-state index contributed by atoms with van der Waals surface area (Å²) in [6.45, 7) is 2.03. The quantitative estimate of drug-likeness (QED) is 0.543. The Hall–Kier alpha value is -1.55. The topological polar surface area (TPSA) is 66.6 Å². The molecular formula is C11H14N2O2. The van der Waals surface area contributed by atoms with Gasteiger partial charge in [-0.15, -0.1) is 0 Å². The minimum Gasteiger partial charge on any atom is -0.350 e. The second-order valence-corrected chi connectivity index (χ2v) is 3.94. The molecule has 80 valence electrons. The minimum atomic E-state index is -0.798. The van der Waals surface area contributed by atoms with Gasteiger partial charge in [0.25, 0.3) is 0 Å². The molecule has 0 aromatic heterocycles. The van der Waals surface area contributed by atoms with Gasteiger partial charge in [0.1, 0.15) is 0 Å². The molecule has 1 unspecified atom stereocenters. The number of primary amides is 1. The van der Waals surface area contributed by atoms with Crippen LogP contribution in [0.25, 0.3) is 0 Å². The van der Waals surface area contributed by atoms with Crippen LogP contribution in [0, 0.1) is 6.92 Å². The lowest BCUT2D eigenvalue weighted by atomic mass is 10.1. The maximum absolute atomic E-state index is 10.9. The number of hydrogen-bond acceptors (Lipinski definition) is 2. The Kier molecular flexibility index (Phi) is 2.36. The summed E-state index contributed by atoms with van der Waals surface area (Å²) in [5.41, 5.74) is 8.43. The number of benzene rings is 1. The SMILES string of the molecule is Cc1ccc2c(c1)CCC2N(O)C(N)=O. The van der Waals surface area contributed by atoms with Gasteiger partial charge in [-0.3, -0.25) is 5.21 Å². The minimum absolute atomic E-state index is 0.280. The maximum atomic E-state index is 10.9.